The van der Waals surface area contributed by atoms with Gasteiger partial charge < -0.3 is 4.42 Å². The van der Waals surface area contributed by atoms with Crippen LogP contribution in [0.2, 0.25) is 0 Å². The van der Waals surface area contributed by atoms with E-state index in [1.807, 2.05) is 32.0 Å². The molecule has 0 unspecified atom stereocenters. The number of furan rings is 1. The van der Waals surface area contributed by atoms with Gasteiger partial charge in [-0.25, -0.2) is 0 Å². The zero-order valence-electron chi connectivity index (χ0n) is 9.08. The molecule has 16 heavy (non-hydrogen) atoms. The number of halogens is 1. The van der Waals surface area contributed by atoms with Crippen molar-refractivity contribution in [3.8, 4) is 0 Å². The summed E-state index contributed by atoms with van der Waals surface area (Å²) in [6.07, 6.45) is 0. The maximum atomic E-state index is 12.1. The molecule has 0 amide bonds. The number of rotatable bonds is 2. The first kappa shape index (κ1) is 11.1. The molecular weight excluding hydrogens is 268 g/mol. The summed E-state index contributed by atoms with van der Waals surface area (Å²) in [5, 5.41) is 0. The third kappa shape index (κ3) is 2.09. The molecule has 82 valence electrons. The number of aryl methyl sites for hydroxylation is 2. The largest absolute Gasteiger partial charge is 0.446 e. The summed E-state index contributed by atoms with van der Waals surface area (Å²) in [5.41, 5.74) is 2.73. The van der Waals surface area contributed by atoms with E-state index in [2.05, 4.69) is 15.9 Å². The second-order valence-electron chi connectivity index (χ2n) is 3.75. The van der Waals surface area contributed by atoms with E-state index >= 15 is 0 Å². The van der Waals surface area contributed by atoms with E-state index < -0.39 is 0 Å². The van der Waals surface area contributed by atoms with Gasteiger partial charge in [-0.15, -0.1) is 0 Å². The van der Waals surface area contributed by atoms with E-state index in [1.54, 1.807) is 12.1 Å². The van der Waals surface area contributed by atoms with Gasteiger partial charge in [0.2, 0.25) is 5.78 Å². The standard InChI is InChI=1S/C13H11BrO2/c1-8-3-4-9(2)10(7-8)13(15)11-5-6-12(14)16-11/h3-7H,1-2H3. The molecule has 1 aromatic carbocycles. The highest BCUT2D eigenvalue weighted by molar-refractivity contribution is 9.10. The van der Waals surface area contributed by atoms with Crippen molar-refractivity contribution in [3.63, 3.8) is 0 Å². The van der Waals surface area contributed by atoms with Crippen LogP contribution in [0.5, 0.6) is 0 Å². The Hall–Kier alpha value is -1.35. The minimum atomic E-state index is -0.0769. The molecule has 0 aliphatic carbocycles. The number of carbonyl (C=O) groups is 1. The summed E-state index contributed by atoms with van der Waals surface area (Å²) in [5.74, 6) is 0.285. The summed E-state index contributed by atoms with van der Waals surface area (Å²) < 4.78 is 5.83. The summed E-state index contributed by atoms with van der Waals surface area (Å²) in [6.45, 7) is 3.89. The molecule has 3 heteroatoms. The predicted octanol–water partition coefficient (Wildman–Crippen LogP) is 3.89. The first-order chi connectivity index (χ1) is 7.58. The summed E-state index contributed by atoms with van der Waals surface area (Å²) >= 11 is 3.19. The molecule has 0 spiro atoms. The van der Waals surface area contributed by atoms with Crippen LogP contribution < -0.4 is 0 Å². The van der Waals surface area contributed by atoms with Gasteiger partial charge in [-0.05, 0) is 53.5 Å². The molecule has 1 aromatic heterocycles. The third-order valence-corrected chi connectivity index (χ3v) is 2.86. The molecule has 0 fully saturated rings. The van der Waals surface area contributed by atoms with Crippen molar-refractivity contribution in [2.75, 3.05) is 0 Å². The second-order valence-corrected chi connectivity index (χ2v) is 4.53. The van der Waals surface area contributed by atoms with Gasteiger partial charge in [0.1, 0.15) is 0 Å². The highest BCUT2D eigenvalue weighted by Gasteiger charge is 2.15. The molecule has 0 radical (unpaired) electrons. The van der Waals surface area contributed by atoms with Crippen molar-refractivity contribution >= 4 is 21.7 Å². The maximum Gasteiger partial charge on any atom is 0.228 e. The van der Waals surface area contributed by atoms with Crippen LogP contribution in [0, 0.1) is 13.8 Å². The normalized spacial score (nSPS) is 10.4. The topological polar surface area (TPSA) is 30.2 Å². The fourth-order valence-corrected chi connectivity index (χ4v) is 1.86. The Morgan fingerprint density at radius 3 is 2.56 bits per heavy atom. The van der Waals surface area contributed by atoms with Gasteiger partial charge in [0.15, 0.2) is 10.4 Å². The molecule has 0 N–H and O–H groups in total. The lowest BCUT2D eigenvalue weighted by atomic mass is 10.0. The van der Waals surface area contributed by atoms with E-state index in [-0.39, 0.29) is 5.78 Å². The van der Waals surface area contributed by atoms with Crippen LogP contribution in [-0.4, -0.2) is 5.78 Å². The van der Waals surface area contributed by atoms with Gasteiger partial charge >= 0.3 is 0 Å². The molecule has 0 saturated heterocycles. The SMILES string of the molecule is Cc1ccc(C)c(C(=O)c2ccc(Br)o2)c1. The van der Waals surface area contributed by atoms with E-state index in [0.717, 1.165) is 11.1 Å². The minimum absolute atomic E-state index is 0.0769. The van der Waals surface area contributed by atoms with Crippen LogP contribution in [0.4, 0.5) is 0 Å². The first-order valence-corrected chi connectivity index (χ1v) is 5.74. The van der Waals surface area contributed by atoms with Crippen molar-refractivity contribution in [1.29, 1.82) is 0 Å². The molecule has 0 aliphatic heterocycles. The van der Waals surface area contributed by atoms with Gasteiger partial charge in [0.05, 0.1) is 0 Å². The predicted molar refractivity (Wildman–Crippen MR) is 65.8 cm³/mol. The van der Waals surface area contributed by atoms with Crippen LogP contribution in [0.3, 0.4) is 0 Å². The average Bonchev–Trinajstić information content (AvgIpc) is 2.67. The highest BCUT2D eigenvalue weighted by atomic mass is 79.9. The van der Waals surface area contributed by atoms with Crippen molar-refractivity contribution < 1.29 is 9.21 Å². The Bertz CT molecular complexity index is 541. The van der Waals surface area contributed by atoms with Crippen LogP contribution in [0.1, 0.15) is 27.2 Å². The summed E-state index contributed by atoms with van der Waals surface area (Å²) in [4.78, 5) is 12.1. The molecule has 0 atom stereocenters. The molecule has 2 rings (SSSR count). The molecule has 0 saturated carbocycles. The Labute approximate surface area is 102 Å². The molecule has 2 nitrogen and oxygen atoms in total. The third-order valence-electron chi connectivity index (χ3n) is 2.43. The number of hydrogen-bond acceptors (Lipinski definition) is 2. The number of benzene rings is 1. The zero-order valence-corrected chi connectivity index (χ0v) is 10.7. The van der Waals surface area contributed by atoms with Crippen molar-refractivity contribution in [2.24, 2.45) is 0 Å². The van der Waals surface area contributed by atoms with E-state index in [0.29, 0.717) is 16.0 Å². The average molecular weight is 279 g/mol. The van der Waals surface area contributed by atoms with Crippen LogP contribution in [0.15, 0.2) is 39.4 Å². The Morgan fingerprint density at radius 2 is 1.94 bits per heavy atom. The van der Waals surface area contributed by atoms with E-state index in [4.69, 9.17) is 4.42 Å². The lowest BCUT2D eigenvalue weighted by molar-refractivity contribution is 0.101. The van der Waals surface area contributed by atoms with Gasteiger partial charge in [0, 0.05) is 5.56 Å². The maximum absolute atomic E-state index is 12.1. The highest BCUT2D eigenvalue weighted by Crippen LogP contribution is 2.20. The molecule has 1 heterocycles. The van der Waals surface area contributed by atoms with Crippen LogP contribution >= 0.6 is 15.9 Å². The van der Waals surface area contributed by atoms with Gasteiger partial charge in [-0.2, -0.15) is 0 Å². The van der Waals surface area contributed by atoms with Gasteiger partial charge in [-0.3, -0.25) is 4.79 Å². The summed E-state index contributed by atoms with van der Waals surface area (Å²) in [6, 6.07) is 9.21. The lowest BCUT2D eigenvalue weighted by Gasteiger charge is -2.03. The van der Waals surface area contributed by atoms with Gasteiger partial charge in [-0.1, -0.05) is 17.7 Å². The number of hydrogen-bond donors (Lipinski definition) is 0. The lowest BCUT2D eigenvalue weighted by Crippen LogP contribution is -2.02. The van der Waals surface area contributed by atoms with Crippen molar-refractivity contribution in [3.05, 3.63) is 57.5 Å². The molecule has 0 bridgehead atoms. The molecule has 0 aliphatic rings. The fraction of sp³-hybridized carbons (Fsp3) is 0.154. The zero-order chi connectivity index (χ0) is 11.7. The Morgan fingerprint density at radius 1 is 1.19 bits per heavy atom. The number of ketones is 1. The van der Waals surface area contributed by atoms with Crippen molar-refractivity contribution in [1.82, 2.24) is 0 Å². The Kier molecular flexibility index (Phi) is 2.97. The van der Waals surface area contributed by atoms with Gasteiger partial charge in [0.25, 0.3) is 0 Å². The Balaban J connectivity index is 2.45. The van der Waals surface area contributed by atoms with Crippen LogP contribution in [-0.2, 0) is 0 Å². The summed E-state index contributed by atoms with van der Waals surface area (Å²) in [7, 11) is 0. The molecular formula is C13H11BrO2. The first-order valence-electron chi connectivity index (χ1n) is 4.95. The molecule has 2 aromatic rings. The number of carbonyl (C=O) groups excluding carboxylic acids is 1. The van der Waals surface area contributed by atoms with Crippen molar-refractivity contribution in [2.45, 2.75) is 13.8 Å². The second kappa shape index (κ2) is 4.26. The monoisotopic (exact) mass is 278 g/mol. The minimum Gasteiger partial charge on any atom is -0.446 e. The smallest absolute Gasteiger partial charge is 0.228 e. The van der Waals surface area contributed by atoms with E-state index in [9.17, 15) is 4.79 Å². The van der Waals surface area contributed by atoms with E-state index in [1.165, 1.54) is 0 Å². The van der Waals surface area contributed by atoms with Crippen LogP contribution in [0.25, 0.3) is 0 Å². The quantitative estimate of drug-likeness (QED) is 0.781. The fourth-order valence-electron chi connectivity index (χ4n) is 1.55.